The summed E-state index contributed by atoms with van der Waals surface area (Å²) in [6.45, 7) is 3.12. The van der Waals surface area contributed by atoms with Crippen molar-refractivity contribution in [2.45, 2.75) is 38.3 Å². The van der Waals surface area contributed by atoms with Crippen molar-refractivity contribution < 1.29 is 4.74 Å². The minimum absolute atomic E-state index is 0.663. The van der Waals surface area contributed by atoms with E-state index in [0.717, 1.165) is 12.3 Å². The molecule has 0 N–H and O–H groups in total. The summed E-state index contributed by atoms with van der Waals surface area (Å²) in [5.41, 5.74) is 3.99. The molecular formula is C18H25N3O. The molecular weight excluding hydrogens is 274 g/mol. The third kappa shape index (κ3) is 2.88. The molecule has 1 aromatic heterocycles. The number of nitrogens with zero attached hydrogens (tertiary/aromatic N) is 3. The zero-order chi connectivity index (χ0) is 15.7. The Hall–Kier alpha value is -1.81. The van der Waals surface area contributed by atoms with E-state index in [1.807, 2.05) is 24.0 Å². The van der Waals surface area contributed by atoms with Crippen LogP contribution in [0.4, 0.5) is 0 Å². The van der Waals surface area contributed by atoms with Crippen molar-refractivity contribution in [2.24, 2.45) is 7.05 Å². The summed E-state index contributed by atoms with van der Waals surface area (Å²) in [5.74, 6) is 1.62. The van der Waals surface area contributed by atoms with E-state index in [1.54, 1.807) is 7.11 Å². The van der Waals surface area contributed by atoms with Crippen molar-refractivity contribution in [3.63, 3.8) is 0 Å². The van der Waals surface area contributed by atoms with Gasteiger partial charge in [-0.1, -0.05) is 12.1 Å². The van der Waals surface area contributed by atoms with Crippen molar-refractivity contribution in [1.82, 2.24) is 14.7 Å². The lowest BCUT2D eigenvalue weighted by molar-refractivity contribution is 0.130. The van der Waals surface area contributed by atoms with E-state index in [9.17, 15) is 0 Å². The lowest BCUT2D eigenvalue weighted by Gasteiger charge is -2.41. The number of ether oxygens (including phenoxy) is 1. The molecule has 3 rings (SSSR count). The summed E-state index contributed by atoms with van der Waals surface area (Å²) in [4.78, 5) is 2.46. The SMILES string of the molecule is COc1cccc(C2CC(N(C)Cc3cnn(C)c3C)C2)c1. The minimum atomic E-state index is 0.663. The van der Waals surface area contributed by atoms with E-state index in [2.05, 4.69) is 42.2 Å². The van der Waals surface area contributed by atoms with Crippen LogP contribution >= 0.6 is 0 Å². The molecule has 0 saturated heterocycles. The first-order valence-corrected chi connectivity index (χ1v) is 7.90. The van der Waals surface area contributed by atoms with Gasteiger partial charge in [0.05, 0.1) is 13.3 Å². The quantitative estimate of drug-likeness (QED) is 0.850. The molecule has 0 bridgehead atoms. The molecule has 1 saturated carbocycles. The Bertz CT molecular complexity index is 644. The van der Waals surface area contributed by atoms with Crippen LogP contribution in [0.5, 0.6) is 5.75 Å². The van der Waals surface area contributed by atoms with E-state index in [4.69, 9.17) is 4.74 Å². The fourth-order valence-corrected chi connectivity index (χ4v) is 3.21. The summed E-state index contributed by atoms with van der Waals surface area (Å²) in [5, 5.41) is 4.33. The van der Waals surface area contributed by atoms with Gasteiger partial charge in [-0.15, -0.1) is 0 Å². The molecule has 1 fully saturated rings. The highest BCUT2D eigenvalue weighted by Gasteiger charge is 2.33. The molecule has 1 heterocycles. The summed E-state index contributed by atoms with van der Waals surface area (Å²) in [6, 6.07) is 9.15. The predicted molar refractivity (Wildman–Crippen MR) is 88.2 cm³/mol. The highest BCUT2D eigenvalue weighted by Crippen LogP contribution is 2.40. The molecule has 2 aromatic rings. The van der Waals surface area contributed by atoms with Crippen molar-refractivity contribution in [3.05, 3.63) is 47.3 Å². The van der Waals surface area contributed by atoms with Crippen LogP contribution in [0.1, 0.15) is 35.6 Å². The van der Waals surface area contributed by atoms with Gasteiger partial charge >= 0.3 is 0 Å². The fraction of sp³-hybridized carbons (Fsp3) is 0.500. The zero-order valence-electron chi connectivity index (χ0n) is 13.9. The third-order valence-electron chi connectivity index (χ3n) is 5.06. The van der Waals surface area contributed by atoms with Crippen LogP contribution < -0.4 is 4.74 Å². The molecule has 118 valence electrons. The molecule has 0 amide bonds. The summed E-state index contributed by atoms with van der Waals surface area (Å²) in [7, 11) is 5.95. The highest BCUT2D eigenvalue weighted by molar-refractivity contribution is 5.32. The van der Waals surface area contributed by atoms with Gasteiger partial charge in [-0.2, -0.15) is 5.10 Å². The zero-order valence-corrected chi connectivity index (χ0v) is 13.9. The van der Waals surface area contributed by atoms with Gasteiger partial charge in [0.25, 0.3) is 0 Å². The summed E-state index contributed by atoms with van der Waals surface area (Å²) in [6.07, 6.45) is 4.44. The lowest BCUT2D eigenvalue weighted by atomic mass is 9.75. The predicted octanol–water partition coefficient (Wildman–Crippen LogP) is 3.12. The van der Waals surface area contributed by atoms with Crippen LogP contribution in [-0.2, 0) is 13.6 Å². The molecule has 1 aliphatic carbocycles. The lowest BCUT2D eigenvalue weighted by Crippen LogP contribution is -2.41. The molecule has 0 unspecified atom stereocenters. The number of hydrogen-bond acceptors (Lipinski definition) is 3. The second-order valence-corrected chi connectivity index (χ2v) is 6.39. The second-order valence-electron chi connectivity index (χ2n) is 6.39. The van der Waals surface area contributed by atoms with E-state index in [-0.39, 0.29) is 0 Å². The molecule has 0 radical (unpaired) electrons. The number of aryl methyl sites for hydroxylation is 1. The van der Waals surface area contributed by atoms with Crippen molar-refractivity contribution in [1.29, 1.82) is 0 Å². The van der Waals surface area contributed by atoms with Crippen LogP contribution in [-0.4, -0.2) is 34.9 Å². The Morgan fingerprint density at radius 3 is 2.77 bits per heavy atom. The van der Waals surface area contributed by atoms with Crippen LogP contribution in [0.25, 0.3) is 0 Å². The number of rotatable bonds is 5. The standard InChI is InChI=1S/C18H25N3O/c1-13-16(11-19-21(13)3)12-20(2)17-8-15(9-17)14-6-5-7-18(10-14)22-4/h5-7,10-11,15,17H,8-9,12H2,1-4H3. The molecule has 0 spiro atoms. The van der Waals surface area contributed by atoms with Gasteiger partial charge in [0.1, 0.15) is 5.75 Å². The van der Waals surface area contributed by atoms with E-state index >= 15 is 0 Å². The Kier molecular flexibility index (Phi) is 4.21. The Balaban J connectivity index is 1.57. The van der Waals surface area contributed by atoms with Gasteiger partial charge < -0.3 is 4.74 Å². The molecule has 1 aromatic carbocycles. The van der Waals surface area contributed by atoms with E-state index in [0.29, 0.717) is 12.0 Å². The molecule has 22 heavy (non-hydrogen) atoms. The average molecular weight is 299 g/mol. The van der Waals surface area contributed by atoms with Gasteiger partial charge in [-0.25, -0.2) is 0 Å². The molecule has 4 heteroatoms. The first kappa shape index (κ1) is 15.1. The smallest absolute Gasteiger partial charge is 0.119 e. The molecule has 4 nitrogen and oxygen atoms in total. The van der Waals surface area contributed by atoms with Crippen LogP contribution in [0.15, 0.2) is 30.5 Å². The van der Waals surface area contributed by atoms with E-state index < -0.39 is 0 Å². The number of methoxy groups -OCH3 is 1. The minimum Gasteiger partial charge on any atom is -0.497 e. The number of benzene rings is 1. The van der Waals surface area contributed by atoms with Crippen molar-refractivity contribution in [3.8, 4) is 5.75 Å². The third-order valence-corrected chi connectivity index (χ3v) is 5.06. The molecule has 0 atom stereocenters. The Morgan fingerprint density at radius 2 is 2.14 bits per heavy atom. The number of hydrogen-bond donors (Lipinski definition) is 0. The Morgan fingerprint density at radius 1 is 1.36 bits per heavy atom. The van der Waals surface area contributed by atoms with Crippen LogP contribution in [0.3, 0.4) is 0 Å². The number of aromatic nitrogens is 2. The topological polar surface area (TPSA) is 30.3 Å². The van der Waals surface area contributed by atoms with E-state index in [1.165, 1.54) is 29.7 Å². The summed E-state index contributed by atoms with van der Waals surface area (Å²) >= 11 is 0. The first-order chi connectivity index (χ1) is 10.6. The van der Waals surface area contributed by atoms with Gasteiger partial charge in [0, 0.05) is 30.9 Å². The molecule has 0 aliphatic heterocycles. The van der Waals surface area contributed by atoms with Crippen molar-refractivity contribution in [2.75, 3.05) is 14.2 Å². The summed E-state index contributed by atoms with van der Waals surface area (Å²) < 4.78 is 7.27. The largest absolute Gasteiger partial charge is 0.497 e. The van der Waals surface area contributed by atoms with Gasteiger partial charge in [-0.05, 0) is 50.4 Å². The Labute approximate surface area is 132 Å². The maximum Gasteiger partial charge on any atom is 0.119 e. The monoisotopic (exact) mass is 299 g/mol. The van der Waals surface area contributed by atoms with Crippen LogP contribution in [0, 0.1) is 6.92 Å². The first-order valence-electron chi connectivity index (χ1n) is 7.90. The van der Waals surface area contributed by atoms with Gasteiger partial charge in [0.15, 0.2) is 0 Å². The fourth-order valence-electron chi connectivity index (χ4n) is 3.21. The van der Waals surface area contributed by atoms with Crippen LogP contribution in [0.2, 0.25) is 0 Å². The van der Waals surface area contributed by atoms with Gasteiger partial charge in [0.2, 0.25) is 0 Å². The molecule has 1 aliphatic rings. The van der Waals surface area contributed by atoms with Crippen molar-refractivity contribution >= 4 is 0 Å². The maximum atomic E-state index is 5.32. The highest BCUT2D eigenvalue weighted by atomic mass is 16.5. The average Bonchev–Trinajstić information content (AvgIpc) is 2.78. The second kappa shape index (κ2) is 6.13. The van der Waals surface area contributed by atoms with Gasteiger partial charge in [-0.3, -0.25) is 9.58 Å². The maximum absolute atomic E-state index is 5.32. The normalized spacial score (nSPS) is 21.0.